The highest BCUT2D eigenvalue weighted by Crippen LogP contribution is 2.28. The first-order valence-corrected chi connectivity index (χ1v) is 7.62. The van der Waals surface area contributed by atoms with Gasteiger partial charge in [0.2, 0.25) is 0 Å². The van der Waals surface area contributed by atoms with E-state index in [1.165, 1.54) is 4.90 Å². The first-order valence-electron chi connectivity index (χ1n) is 5.88. The van der Waals surface area contributed by atoms with Crippen molar-refractivity contribution < 1.29 is 0 Å². The fourth-order valence-corrected chi connectivity index (χ4v) is 2.60. The average molecular weight is 292 g/mol. The van der Waals surface area contributed by atoms with Gasteiger partial charge >= 0.3 is 0 Å². The molecule has 1 aromatic rings. The van der Waals surface area contributed by atoms with Gasteiger partial charge in [-0.15, -0.1) is 11.8 Å². The first kappa shape index (κ1) is 15.2. The number of benzene rings is 1. The van der Waals surface area contributed by atoms with Gasteiger partial charge in [-0.2, -0.15) is 0 Å². The molecule has 0 saturated heterocycles. The quantitative estimate of drug-likeness (QED) is 0.576. The molecule has 0 bridgehead atoms. The molecule has 0 saturated carbocycles. The van der Waals surface area contributed by atoms with E-state index in [2.05, 4.69) is 19.2 Å². The van der Waals surface area contributed by atoms with Gasteiger partial charge in [0.05, 0.1) is 10.0 Å². The molecule has 96 valence electrons. The van der Waals surface area contributed by atoms with E-state index < -0.39 is 0 Å². The summed E-state index contributed by atoms with van der Waals surface area (Å²) in [5.41, 5.74) is 0. The third kappa shape index (κ3) is 6.56. The minimum absolute atomic E-state index is 0.620. The van der Waals surface area contributed by atoms with Gasteiger partial charge in [0, 0.05) is 4.90 Å². The highest BCUT2D eigenvalue weighted by atomic mass is 35.5. The molecule has 0 atom stereocenters. The Morgan fingerprint density at radius 2 is 2.00 bits per heavy atom. The van der Waals surface area contributed by atoms with Crippen LogP contribution in [0.25, 0.3) is 0 Å². The van der Waals surface area contributed by atoms with Crippen molar-refractivity contribution in [2.75, 3.05) is 18.8 Å². The maximum Gasteiger partial charge on any atom is 0.0603 e. The summed E-state index contributed by atoms with van der Waals surface area (Å²) in [7, 11) is 0. The van der Waals surface area contributed by atoms with Crippen LogP contribution in [0.15, 0.2) is 23.1 Å². The maximum absolute atomic E-state index is 5.95. The predicted octanol–water partition coefficient (Wildman–Crippen LogP) is 4.72. The van der Waals surface area contributed by atoms with Crippen LogP contribution in [0.5, 0.6) is 0 Å². The van der Waals surface area contributed by atoms with Crippen LogP contribution >= 0.6 is 35.0 Å². The number of hydrogen-bond donors (Lipinski definition) is 1. The van der Waals surface area contributed by atoms with Crippen LogP contribution in [0, 0.1) is 5.92 Å². The van der Waals surface area contributed by atoms with Crippen molar-refractivity contribution in [3.05, 3.63) is 28.2 Å². The van der Waals surface area contributed by atoms with E-state index in [4.69, 9.17) is 23.2 Å². The Bertz CT molecular complexity index is 342. The lowest BCUT2D eigenvalue weighted by Crippen LogP contribution is -2.21. The van der Waals surface area contributed by atoms with Crippen molar-refractivity contribution in [3.8, 4) is 0 Å². The highest BCUT2D eigenvalue weighted by Gasteiger charge is 2.00. The van der Waals surface area contributed by atoms with E-state index in [0.29, 0.717) is 10.0 Å². The summed E-state index contributed by atoms with van der Waals surface area (Å²) >= 11 is 13.6. The summed E-state index contributed by atoms with van der Waals surface area (Å²) in [6.07, 6.45) is 1.16. The van der Waals surface area contributed by atoms with Crippen LogP contribution < -0.4 is 5.32 Å². The second kappa shape index (κ2) is 8.25. The van der Waals surface area contributed by atoms with Gasteiger partial charge in [0.1, 0.15) is 0 Å². The lowest BCUT2D eigenvalue weighted by molar-refractivity contribution is 0.552. The lowest BCUT2D eigenvalue weighted by Gasteiger charge is -2.07. The second-order valence-electron chi connectivity index (χ2n) is 4.38. The van der Waals surface area contributed by atoms with E-state index in [1.807, 2.05) is 30.0 Å². The molecule has 1 rings (SSSR count). The van der Waals surface area contributed by atoms with Crippen molar-refractivity contribution in [2.24, 2.45) is 5.92 Å². The van der Waals surface area contributed by atoms with Crippen LogP contribution in [-0.2, 0) is 0 Å². The van der Waals surface area contributed by atoms with Gasteiger partial charge < -0.3 is 5.32 Å². The summed E-state index contributed by atoms with van der Waals surface area (Å²) in [6, 6.07) is 5.79. The number of halogens is 2. The number of rotatable bonds is 7. The van der Waals surface area contributed by atoms with Crippen molar-refractivity contribution in [1.29, 1.82) is 0 Å². The Balaban J connectivity index is 2.16. The summed E-state index contributed by atoms with van der Waals surface area (Å²) in [4.78, 5) is 1.18. The summed E-state index contributed by atoms with van der Waals surface area (Å²) in [6.45, 7) is 6.61. The zero-order valence-corrected chi connectivity index (χ0v) is 12.6. The van der Waals surface area contributed by atoms with E-state index >= 15 is 0 Å². The van der Waals surface area contributed by atoms with Crippen LogP contribution in [-0.4, -0.2) is 18.8 Å². The van der Waals surface area contributed by atoms with Crippen molar-refractivity contribution in [3.63, 3.8) is 0 Å². The van der Waals surface area contributed by atoms with Crippen LogP contribution in [0.4, 0.5) is 0 Å². The molecule has 17 heavy (non-hydrogen) atoms. The molecule has 1 aromatic carbocycles. The van der Waals surface area contributed by atoms with Gasteiger partial charge in [-0.25, -0.2) is 0 Å². The molecular formula is C13H19Cl2NS. The van der Waals surface area contributed by atoms with E-state index in [9.17, 15) is 0 Å². The molecule has 0 aliphatic carbocycles. The largest absolute Gasteiger partial charge is 0.316 e. The molecule has 0 aliphatic rings. The Labute approximate surface area is 118 Å². The Morgan fingerprint density at radius 3 is 2.65 bits per heavy atom. The fourth-order valence-electron chi connectivity index (χ4n) is 1.34. The Hall–Kier alpha value is 0.110. The topological polar surface area (TPSA) is 12.0 Å². The van der Waals surface area contributed by atoms with Crippen LogP contribution in [0.2, 0.25) is 10.0 Å². The molecule has 0 unspecified atom stereocenters. The van der Waals surface area contributed by atoms with Gasteiger partial charge in [-0.3, -0.25) is 0 Å². The van der Waals surface area contributed by atoms with Crippen LogP contribution in [0.3, 0.4) is 0 Å². The molecule has 1 N–H and O–H groups in total. The van der Waals surface area contributed by atoms with Gasteiger partial charge in [-0.05, 0) is 49.4 Å². The summed E-state index contributed by atoms with van der Waals surface area (Å²) in [5, 5.41) is 4.68. The summed E-state index contributed by atoms with van der Waals surface area (Å²) in [5.74, 6) is 1.82. The first-order chi connectivity index (χ1) is 8.09. The monoisotopic (exact) mass is 291 g/mol. The van der Waals surface area contributed by atoms with Gasteiger partial charge in [0.25, 0.3) is 0 Å². The standard InChI is InChI=1S/C13H19Cl2NS/c1-10(2)9-16-6-3-7-17-11-4-5-12(14)13(15)8-11/h4-5,8,10,16H,3,6-7,9H2,1-2H3. The highest BCUT2D eigenvalue weighted by molar-refractivity contribution is 7.99. The van der Waals surface area contributed by atoms with Crippen molar-refractivity contribution in [1.82, 2.24) is 5.32 Å². The predicted molar refractivity (Wildman–Crippen MR) is 79.5 cm³/mol. The normalized spacial score (nSPS) is 11.1. The molecular weight excluding hydrogens is 273 g/mol. The maximum atomic E-state index is 5.95. The Morgan fingerprint density at radius 1 is 1.24 bits per heavy atom. The number of hydrogen-bond acceptors (Lipinski definition) is 2. The number of nitrogens with one attached hydrogen (secondary N) is 1. The SMILES string of the molecule is CC(C)CNCCCSc1ccc(Cl)c(Cl)c1. The summed E-state index contributed by atoms with van der Waals surface area (Å²) < 4.78 is 0. The molecule has 0 radical (unpaired) electrons. The second-order valence-corrected chi connectivity index (χ2v) is 6.36. The lowest BCUT2D eigenvalue weighted by atomic mass is 10.2. The van der Waals surface area contributed by atoms with Gasteiger partial charge in [-0.1, -0.05) is 37.0 Å². The zero-order chi connectivity index (χ0) is 12.7. The molecule has 0 heterocycles. The van der Waals surface area contributed by atoms with E-state index in [1.54, 1.807) is 0 Å². The average Bonchev–Trinajstić information content (AvgIpc) is 2.27. The molecule has 0 aromatic heterocycles. The third-order valence-corrected chi connectivity index (χ3v) is 4.03. The fraction of sp³-hybridized carbons (Fsp3) is 0.538. The molecule has 4 heteroatoms. The van der Waals surface area contributed by atoms with Crippen LogP contribution in [0.1, 0.15) is 20.3 Å². The smallest absolute Gasteiger partial charge is 0.0603 e. The van der Waals surface area contributed by atoms with Gasteiger partial charge in [0.15, 0.2) is 0 Å². The molecule has 0 amide bonds. The molecule has 0 spiro atoms. The molecule has 0 aliphatic heterocycles. The zero-order valence-electron chi connectivity index (χ0n) is 10.3. The van der Waals surface area contributed by atoms with E-state index in [-0.39, 0.29) is 0 Å². The minimum atomic E-state index is 0.620. The molecule has 1 nitrogen and oxygen atoms in total. The molecule has 0 fully saturated rings. The minimum Gasteiger partial charge on any atom is -0.316 e. The third-order valence-electron chi connectivity index (χ3n) is 2.21. The Kier molecular flexibility index (Phi) is 7.36. The van der Waals surface area contributed by atoms with E-state index in [0.717, 1.165) is 31.2 Å². The van der Waals surface area contributed by atoms with Crippen molar-refractivity contribution >= 4 is 35.0 Å². The number of thioether (sulfide) groups is 1. The van der Waals surface area contributed by atoms with Crippen molar-refractivity contribution in [2.45, 2.75) is 25.2 Å².